The van der Waals surface area contributed by atoms with Crippen molar-refractivity contribution in [2.45, 2.75) is 6.92 Å². The van der Waals surface area contributed by atoms with E-state index in [4.69, 9.17) is 32.0 Å². The van der Waals surface area contributed by atoms with Crippen LogP contribution in [0.2, 0.25) is 0 Å². The second kappa shape index (κ2) is 9.87. The fourth-order valence-corrected chi connectivity index (χ4v) is 4.76. The molecule has 2 bridgehead atoms. The number of hydrogen-bond acceptors (Lipinski definition) is 7. The van der Waals surface area contributed by atoms with Crippen LogP contribution in [0.4, 0.5) is 5.82 Å². The van der Waals surface area contributed by atoms with Crippen molar-refractivity contribution in [3.05, 3.63) is 113 Å². The highest BCUT2D eigenvalue weighted by Gasteiger charge is 2.19. The Morgan fingerprint density at radius 1 is 0.763 bits per heavy atom. The van der Waals surface area contributed by atoms with Crippen molar-refractivity contribution in [3.8, 4) is 17.1 Å². The van der Waals surface area contributed by atoms with Gasteiger partial charge in [-0.15, -0.1) is 0 Å². The molecule has 0 aliphatic heterocycles. The molecule has 0 fully saturated rings. The molecule has 3 aromatic carbocycles. The third-order valence-electron chi connectivity index (χ3n) is 6.19. The van der Waals surface area contributed by atoms with Gasteiger partial charge < -0.3 is 4.74 Å². The monoisotopic (exact) mass is 517 g/mol. The molecule has 0 radical (unpaired) electrons. The number of ether oxygens (including phenoxy) is 1. The van der Waals surface area contributed by atoms with Crippen LogP contribution in [0.25, 0.3) is 33.7 Å². The predicted octanol–water partition coefficient (Wildman–Crippen LogP) is 5.73. The minimum Gasteiger partial charge on any atom is -0.495 e. The molecule has 38 heavy (non-hydrogen) atoms. The summed E-state index contributed by atoms with van der Waals surface area (Å²) in [6, 6.07) is 29.1. The summed E-state index contributed by atoms with van der Waals surface area (Å²) in [6.45, 7) is 2.04. The normalized spacial score (nSPS) is 11.7. The van der Waals surface area contributed by atoms with Gasteiger partial charge >= 0.3 is 0 Å². The third kappa shape index (κ3) is 4.08. The summed E-state index contributed by atoms with van der Waals surface area (Å²) >= 11 is 6.18. The summed E-state index contributed by atoms with van der Waals surface area (Å²) in [4.78, 5) is 14.5. The summed E-state index contributed by atoms with van der Waals surface area (Å²) in [5.74, 6) is 1.24. The van der Waals surface area contributed by atoms with Crippen LogP contribution in [-0.2, 0) is 0 Å². The highest BCUT2D eigenvalue weighted by molar-refractivity contribution is 7.71. The number of anilines is 1. The molecule has 1 N–H and O–H groups in total. The number of aryl methyl sites for hydroxylation is 1. The number of fused-ring (bicyclic) bond motifs is 3. The lowest BCUT2D eigenvalue weighted by Crippen LogP contribution is -2.23. The fraction of sp³-hybridized carbons (Fsp3) is 0.0690. The highest BCUT2D eigenvalue weighted by Crippen LogP contribution is 2.26. The molecule has 3 aromatic heterocycles. The van der Waals surface area contributed by atoms with Crippen molar-refractivity contribution in [2.24, 2.45) is 5.10 Å². The van der Waals surface area contributed by atoms with Gasteiger partial charge in [0.1, 0.15) is 11.6 Å². The average molecular weight is 518 g/mol. The number of nitrogens with one attached hydrogen (secondary N) is 1. The van der Waals surface area contributed by atoms with Crippen molar-refractivity contribution in [2.75, 3.05) is 12.5 Å². The molecule has 0 aliphatic rings. The fourth-order valence-electron chi connectivity index (χ4n) is 4.39. The Balaban J connectivity index is 1.86. The van der Waals surface area contributed by atoms with Crippen LogP contribution in [0.1, 0.15) is 5.56 Å². The number of rotatable bonds is 5. The summed E-state index contributed by atoms with van der Waals surface area (Å²) < 4.78 is 10.1. The van der Waals surface area contributed by atoms with Crippen molar-refractivity contribution in [1.82, 2.24) is 24.1 Å². The quantitative estimate of drug-likeness (QED) is 0.232. The standard InChI is InChI=1S/C29H23N7OS/c1-19-11-3-6-14-22(19)35-27-26(34-33-25-17-9-10-18-30-25)28(32-21-13-5-4-12-20(21)31-27)36(29(35)38)23-15-7-8-16-24(23)37-2/h3-18H,1-2H3,(H,30,33)/b34-26-. The van der Waals surface area contributed by atoms with Crippen LogP contribution in [0, 0.1) is 11.7 Å². The van der Waals surface area contributed by atoms with Crippen LogP contribution < -0.4 is 15.5 Å². The maximum atomic E-state index is 6.18. The Labute approximate surface area is 223 Å². The first-order valence-corrected chi connectivity index (χ1v) is 12.4. The Morgan fingerprint density at radius 2 is 1.37 bits per heavy atom. The van der Waals surface area contributed by atoms with Crippen LogP contribution >= 0.6 is 12.2 Å². The van der Waals surface area contributed by atoms with E-state index in [1.54, 1.807) is 13.3 Å². The van der Waals surface area contributed by atoms with Crippen molar-refractivity contribution in [1.29, 1.82) is 0 Å². The van der Waals surface area contributed by atoms with Gasteiger partial charge in [0.25, 0.3) is 0 Å². The van der Waals surface area contributed by atoms with Gasteiger partial charge in [0.05, 0.1) is 29.5 Å². The van der Waals surface area contributed by atoms with Crippen LogP contribution in [0.3, 0.4) is 0 Å². The smallest absolute Gasteiger partial charge is 0.192 e. The van der Waals surface area contributed by atoms with E-state index in [0.717, 1.165) is 16.9 Å². The lowest BCUT2D eigenvalue weighted by Gasteiger charge is -2.18. The summed E-state index contributed by atoms with van der Waals surface area (Å²) in [7, 11) is 1.64. The predicted molar refractivity (Wildman–Crippen MR) is 151 cm³/mol. The number of methoxy groups -OCH3 is 1. The van der Waals surface area contributed by atoms with Crippen molar-refractivity contribution < 1.29 is 4.74 Å². The molecule has 0 atom stereocenters. The molecule has 0 aliphatic carbocycles. The molecule has 0 saturated carbocycles. The molecular formula is C29H23N7OS. The van der Waals surface area contributed by atoms with E-state index >= 15 is 0 Å². The van der Waals surface area contributed by atoms with Gasteiger partial charge in [0.15, 0.2) is 21.4 Å². The van der Waals surface area contributed by atoms with Crippen LogP contribution in [0.5, 0.6) is 5.75 Å². The second-order valence-corrected chi connectivity index (χ2v) is 8.92. The van der Waals surface area contributed by atoms with E-state index in [1.807, 2.05) is 107 Å². The topological polar surface area (TPSA) is 82.2 Å². The van der Waals surface area contributed by atoms with E-state index in [2.05, 4.69) is 10.4 Å². The highest BCUT2D eigenvalue weighted by atomic mass is 32.1. The van der Waals surface area contributed by atoms with Gasteiger partial charge in [0, 0.05) is 6.20 Å². The Hall–Kier alpha value is -4.89. The molecule has 0 amide bonds. The first kappa shape index (κ1) is 23.5. The number of aromatic nitrogens is 5. The zero-order valence-electron chi connectivity index (χ0n) is 20.7. The van der Waals surface area contributed by atoms with Gasteiger partial charge in [-0.3, -0.25) is 14.6 Å². The molecule has 3 heterocycles. The maximum Gasteiger partial charge on any atom is 0.192 e. The summed E-state index contributed by atoms with van der Waals surface area (Å²) in [6.07, 6.45) is 1.71. The molecule has 0 saturated heterocycles. The second-order valence-electron chi connectivity index (χ2n) is 8.56. The van der Waals surface area contributed by atoms with E-state index in [9.17, 15) is 0 Å². The maximum absolute atomic E-state index is 6.18. The summed E-state index contributed by atoms with van der Waals surface area (Å²) in [5, 5.41) is 5.32. The first-order valence-electron chi connectivity index (χ1n) is 12.0. The Bertz CT molecular complexity index is 1930. The molecule has 0 spiro atoms. The van der Waals surface area contributed by atoms with Gasteiger partial charge in [0.2, 0.25) is 0 Å². The number of para-hydroxylation sites is 5. The van der Waals surface area contributed by atoms with Crippen LogP contribution in [0.15, 0.2) is 102 Å². The van der Waals surface area contributed by atoms with E-state index < -0.39 is 0 Å². The molecule has 8 nitrogen and oxygen atoms in total. The van der Waals surface area contributed by atoms with Crippen LogP contribution in [-0.4, -0.2) is 31.2 Å². The zero-order valence-corrected chi connectivity index (χ0v) is 21.6. The van der Waals surface area contributed by atoms with Crippen molar-refractivity contribution >= 4 is 40.4 Å². The minimum atomic E-state index is 0.478. The van der Waals surface area contributed by atoms with E-state index in [1.165, 1.54) is 0 Å². The molecule has 0 unspecified atom stereocenters. The number of hydrogen-bond donors (Lipinski definition) is 1. The van der Waals surface area contributed by atoms with Gasteiger partial charge in [-0.25, -0.2) is 15.0 Å². The summed E-state index contributed by atoms with van der Waals surface area (Å²) in [5.41, 5.74) is 8.25. The number of benzene rings is 3. The third-order valence-corrected chi connectivity index (χ3v) is 6.56. The Morgan fingerprint density at radius 3 is 2.03 bits per heavy atom. The van der Waals surface area contributed by atoms with Gasteiger partial charge in [-0.1, -0.05) is 48.5 Å². The van der Waals surface area contributed by atoms with Gasteiger partial charge in [-0.2, -0.15) is 5.10 Å². The van der Waals surface area contributed by atoms with E-state index in [-0.39, 0.29) is 0 Å². The number of pyridine rings is 1. The SMILES string of the molecule is COc1ccccc1-n1c(=S)n(-c2ccccc2C)c2nc3ccccc3nc1/c2=N\Nc1ccccn1. The molecular weight excluding hydrogens is 494 g/mol. The zero-order chi connectivity index (χ0) is 26.1. The molecule has 9 heteroatoms. The minimum absolute atomic E-state index is 0.478. The lowest BCUT2D eigenvalue weighted by molar-refractivity contribution is 0.412. The molecule has 6 aromatic rings. The Kier molecular flexibility index (Phi) is 6.11. The molecule has 6 rings (SSSR count). The average Bonchev–Trinajstić information content (AvgIpc) is 3.07. The lowest BCUT2D eigenvalue weighted by atomic mass is 10.2. The van der Waals surface area contributed by atoms with Gasteiger partial charge in [-0.05, 0) is 67.2 Å². The first-order chi connectivity index (χ1) is 18.7. The van der Waals surface area contributed by atoms with E-state index in [0.29, 0.717) is 44.0 Å². The number of nitrogens with zero attached hydrogens (tertiary/aromatic N) is 6. The molecule has 186 valence electrons. The van der Waals surface area contributed by atoms with Crippen molar-refractivity contribution in [3.63, 3.8) is 0 Å². The largest absolute Gasteiger partial charge is 0.495 e.